The number of aromatic amines is 1. The van der Waals surface area contributed by atoms with Crippen molar-refractivity contribution in [3.8, 4) is 0 Å². The minimum absolute atomic E-state index is 0.0265. The van der Waals surface area contributed by atoms with Crippen LogP contribution in [0.15, 0.2) is 54.7 Å². The van der Waals surface area contributed by atoms with E-state index in [1.807, 2.05) is 66.3 Å². The molecule has 1 amide bonds. The van der Waals surface area contributed by atoms with Crippen molar-refractivity contribution in [2.45, 2.75) is 12.8 Å². The van der Waals surface area contributed by atoms with E-state index in [9.17, 15) is 4.79 Å². The maximum Gasteiger partial charge on any atom is 0.253 e. The lowest BCUT2D eigenvalue weighted by Crippen LogP contribution is -2.24. The van der Waals surface area contributed by atoms with E-state index in [0.717, 1.165) is 46.2 Å². The number of hydrogen-bond donors (Lipinski definition) is 2. The molecule has 126 valence electrons. The Morgan fingerprint density at radius 1 is 1.16 bits per heavy atom. The zero-order chi connectivity index (χ0) is 17.2. The van der Waals surface area contributed by atoms with Crippen LogP contribution in [0, 0.1) is 0 Å². The SMILES string of the molecule is Cn1cc(C(=O)NCCCc2nc3ccccc3[nH]2)c2ccccc21. The summed E-state index contributed by atoms with van der Waals surface area (Å²) in [5.41, 5.74) is 3.83. The van der Waals surface area contributed by atoms with Gasteiger partial charge in [0.15, 0.2) is 0 Å². The number of aryl methyl sites for hydroxylation is 2. The smallest absolute Gasteiger partial charge is 0.253 e. The van der Waals surface area contributed by atoms with Gasteiger partial charge >= 0.3 is 0 Å². The average molecular weight is 332 g/mol. The molecule has 2 aromatic heterocycles. The monoisotopic (exact) mass is 332 g/mol. The van der Waals surface area contributed by atoms with Gasteiger partial charge in [-0.3, -0.25) is 4.79 Å². The first-order valence-corrected chi connectivity index (χ1v) is 8.48. The number of hydrogen-bond acceptors (Lipinski definition) is 2. The van der Waals surface area contributed by atoms with Crippen LogP contribution in [-0.4, -0.2) is 27.0 Å². The Balaban J connectivity index is 1.37. The Hall–Kier alpha value is -3.08. The van der Waals surface area contributed by atoms with Gasteiger partial charge in [0.05, 0.1) is 16.6 Å². The summed E-state index contributed by atoms with van der Waals surface area (Å²) in [7, 11) is 1.96. The summed E-state index contributed by atoms with van der Waals surface area (Å²) in [5.74, 6) is 0.932. The lowest BCUT2D eigenvalue weighted by Gasteiger charge is -2.03. The molecule has 25 heavy (non-hydrogen) atoms. The average Bonchev–Trinajstić information content (AvgIpc) is 3.20. The Kier molecular flexibility index (Phi) is 3.98. The van der Waals surface area contributed by atoms with Crippen LogP contribution in [0.1, 0.15) is 22.6 Å². The van der Waals surface area contributed by atoms with E-state index in [1.165, 1.54) is 0 Å². The van der Waals surface area contributed by atoms with E-state index in [-0.39, 0.29) is 5.91 Å². The quantitative estimate of drug-likeness (QED) is 0.550. The summed E-state index contributed by atoms with van der Waals surface area (Å²) >= 11 is 0. The largest absolute Gasteiger partial charge is 0.352 e. The highest BCUT2D eigenvalue weighted by molar-refractivity contribution is 6.06. The van der Waals surface area contributed by atoms with Gasteiger partial charge in [0, 0.05) is 37.1 Å². The minimum Gasteiger partial charge on any atom is -0.352 e. The first-order chi connectivity index (χ1) is 12.2. The maximum atomic E-state index is 12.5. The molecule has 0 bridgehead atoms. The van der Waals surface area contributed by atoms with Crippen molar-refractivity contribution in [3.05, 3.63) is 66.1 Å². The Bertz CT molecular complexity index is 1010. The maximum absolute atomic E-state index is 12.5. The molecule has 0 saturated heterocycles. The molecular formula is C20H20N4O. The van der Waals surface area contributed by atoms with Gasteiger partial charge in [-0.1, -0.05) is 30.3 Å². The van der Waals surface area contributed by atoms with Crippen LogP contribution < -0.4 is 5.32 Å². The summed E-state index contributed by atoms with van der Waals surface area (Å²) in [6.45, 7) is 0.624. The fourth-order valence-electron chi connectivity index (χ4n) is 3.20. The molecule has 4 aromatic rings. The molecule has 5 heteroatoms. The molecule has 5 nitrogen and oxygen atoms in total. The van der Waals surface area contributed by atoms with Gasteiger partial charge in [0.2, 0.25) is 0 Å². The second-order valence-corrected chi connectivity index (χ2v) is 6.23. The number of para-hydroxylation sites is 3. The topological polar surface area (TPSA) is 62.7 Å². The molecule has 0 atom stereocenters. The molecule has 0 aliphatic carbocycles. The van der Waals surface area contributed by atoms with E-state index in [0.29, 0.717) is 6.54 Å². The highest BCUT2D eigenvalue weighted by Crippen LogP contribution is 2.20. The van der Waals surface area contributed by atoms with Crippen LogP contribution in [0.25, 0.3) is 21.9 Å². The van der Waals surface area contributed by atoms with E-state index >= 15 is 0 Å². The van der Waals surface area contributed by atoms with Crippen LogP contribution in [0.5, 0.6) is 0 Å². The molecule has 0 aliphatic rings. The molecule has 0 unspecified atom stereocenters. The highest BCUT2D eigenvalue weighted by atomic mass is 16.1. The normalized spacial score (nSPS) is 11.2. The number of nitrogens with zero attached hydrogens (tertiary/aromatic N) is 2. The molecule has 0 fully saturated rings. The number of nitrogens with one attached hydrogen (secondary N) is 2. The number of benzene rings is 2. The highest BCUT2D eigenvalue weighted by Gasteiger charge is 2.13. The second kappa shape index (κ2) is 6.43. The number of amides is 1. The van der Waals surface area contributed by atoms with Crippen LogP contribution in [-0.2, 0) is 13.5 Å². The van der Waals surface area contributed by atoms with E-state index in [1.54, 1.807) is 0 Å². The molecule has 2 heterocycles. The van der Waals surface area contributed by atoms with Gasteiger partial charge in [0.25, 0.3) is 5.91 Å². The number of carbonyl (C=O) groups excluding carboxylic acids is 1. The third-order valence-corrected chi connectivity index (χ3v) is 4.46. The first kappa shape index (κ1) is 15.4. The van der Waals surface area contributed by atoms with Gasteiger partial charge in [-0.15, -0.1) is 0 Å². The van der Waals surface area contributed by atoms with Crippen molar-refractivity contribution in [1.29, 1.82) is 0 Å². The van der Waals surface area contributed by atoms with Crippen molar-refractivity contribution < 1.29 is 4.79 Å². The number of imidazole rings is 1. The third kappa shape index (κ3) is 3.01. The van der Waals surface area contributed by atoms with Crippen LogP contribution in [0.2, 0.25) is 0 Å². The van der Waals surface area contributed by atoms with Gasteiger partial charge in [-0.25, -0.2) is 4.98 Å². The van der Waals surface area contributed by atoms with Gasteiger partial charge in [0.1, 0.15) is 5.82 Å². The zero-order valence-electron chi connectivity index (χ0n) is 14.1. The van der Waals surface area contributed by atoms with Crippen molar-refractivity contribution >= 4 is 27.8 Å². The Morgan fingerprint density at radius 3 is 2.84 bits per heavy atom. The second-order valence-electron chi connectivity index (χ2n) is 6.23. The summed E-state index contributed by atoms with van der Waals surface area (Å²) < 4.78 is 1.98. The Morgan fingerprint density at radius 2 is 1.96 bits per heavy atom. The molecule has 2 aromatic carbocycles. The van der Waals surface area contributed by atoms with E-state index in [4.69, 9.17) is 0 Å². The lowest BCUT2D eigenvalue weighted by molar-refractivity contribution is 0.0954. The van der Waals surface area contributed by atoms with Crippen molar-refractivity contribution in [3.63, 3.8) is 0 Å². The predicted octanol–water partition coefficient (Wildman–Crippen LogP) is 3.42. The van der Waals surface area contributed by atoms with Gasteiger partial charge in [-0.2, -0.15) is 0 Å². The number of aromatic nitrogens is 3. The lowest BCUT2D eigenvalue weighted by atomic mass is 10.1. The summed E-state index contributed by atoms with van der Waals surface area (Å²) in [6.07, 6.45) is 3.54. The Labute approximate surface area is 145 Å². The van der Waals surface area contributed by atoms with E-state index < -0.39 is 0 Å². The third-order valence-electron chi connectivity index (χ3n) is 4.46. The molecule has 0 radical (unpaired) electrons. The standard InChI is InChI=1S/C20H20N4O/c1-24-13-15(14-7-2-5-10-18(14)24)20(25)21-12-6-11-19-22-16-8-3-4-9-17(16)23-19/h2-5,7-10,13H,6,11-12H2,1H3,(H,21,25)(H,22,23). The van der Waals surface area contributed by atoms with Crippen LogP contribution in [0.4, 0.5) is 0 Å². The number of H-pyrrole nitrogens is 1. The molecule has 0 aliphatic heterocycles. The number of fused-ring (bicyclic) bond motifs is 2. The number of carbonyl (C=O) groups is 1. The zero-order valence-corrected chi connectivity index (χ0v) is 14.1. The fourth-order valence-corrected chi connectivity index (χ4v) is 3.20. The molecule has 4 rings (SSSR count). The van der Waals surface area contributed by atoms with Crippen molar-refractivity contribution in [1.82, 2.24) is 19.9 Å². The number of rotatable bonds is 5. The molecule has 2 N–H and O–H groups in total. The van der Waals surface area contributed by atoms with Crippen molar-refractivity contribution in [2.24, 2.45) is 7.05 Å². The van der Waals surface area contributed by atoms with E-state index in [2.05, 4.69) is 15.3 Å². The first-order valence-electron chi connectivity index (χ1n) is 8.48. The fraction of sp³-hybridized carbons (Fsp3) is 0.200. The molecule has 0 spiro atoms. The van der Waals surface area contributed by atoms with Gasteiger partial charge < -0.3 is 14.9 Å². The molecular weight excluding hydrogens is 312 g/mol. The summed E-state index contributed by atoms with van der Waals surface area (Å²) in [4.78, 5) is 20.4. The van der Waals surface area contributed by atoms with Crippen LogP contribution >= 0.6 is 0 Å². The van der Waals surface area contributed by atoms with Crippen LogP contribution in [0.3, 0.4) is 0 Å². The summed E-state index contributed by atoms with van der Waals surface area (Å²) in [6, 6.07) is 15.9. The molecule has 0 saturated carbocycles. The summed E-state index contributed by atoms with van der Waals surface area (Å²) in [5, 5.41) is 4.00. The minimum atomic E-state index is -0.0265. The van der Waals surface area contributed by atoms with Crippen molar-refractivity contribution in [2.75, 3.05) is 6.54 Å². The predicted molar refractivity (Wildman–Crippen MR) is 99.7 cm³/mol. The van der Waals surface area contributed by atoms with Gasteiger partial charge in [-0.05, 0) is 24.6 Å².